The summed E-state index contributed by atoms with van der Waals surface area (Å²) in [5.41, 5.74) is -12.8. The van der Waals surface area contributed by atoms with Crippen LogP contribution in [0.3, 0.4) is 0 Å². The highest BCUT2D eigenvalue weighted by Crippen LogP contribution is 2.31. The number of pyridine rings is 1. The van der Waals surface area contributed by atoms with Gasteiger partial charge < -0.3 is 5.11 Å². The molecule has 0 bridgehead atoms. The summed E-state index contributed by atoms with van der Waals surface area (Å²) < 4.78 is 296. The summed E-state index contributed by atoms with van der Waals surface area (Å²) in [7, 11) is 0. The lowest BCUT2D eigenvalue weighted by atomic mass is 9.12. The van der Waals surface area contributed by atoms with E-state index < -0.39 is 144 Å². The molecule has 24 heteroatoms. The van der Waals surface area contributed by atoms with Crippen LogP contribution in [-0.2, 0) is 6.54 Å². The lowest BCUT2D eigenvalue weighted by Crippen LogP contribution is -2.81. The van der Waals surface area contributed by atoms with Gasteiger partial charge in [-0.2, -0.15) is 4.57 Å². The molecule has 0 saturated carbocycles. The SMILES string of the molecule is Fc1c(F)c(F)c([B-](c2c(F)c(F)c(F)c(F)c2F)(c2c(F)c(F)c(F)c(F)c2F)c2c(F)c(F)c(F)c(F)c2F)c(F)c1F.O=C(C[n+]1c(O)ccc2ccccc21)c1ccccc1. The van der Waals surface area contributed by atoms with Crippen molar-refractivity contribution in [2.24, 2.45) is 0 Å². The summed E-state index contributed by atoms with van der Waals surface area (Å²) >= 11 is 0. The normalized spacial score (nSPS) is 11.6. The van der Waals surface area contributed by atoms with Crippen molar-refractivity contribution in [2.45, 2.75) is 6.54 Å². The van der Waals surface area contributed by atoms with Crippen LogP contribution >= 0.6 is 0 Å². The quantitative estimate of drug-likeness (QED) is 0.0435. The molecule has 7 rings (SSSR count). The Labute approximate surface area is 347 Å². The van der Waals surface area contributed by atoms with Gasteiger partial charge in [0, 0.05) is 17.0 Å². The Morgan fingerprint density at radius 3 is 0.969 bits per heavy atom. The second kappa shape index (κ2) is 17.4. The van der Waals surface area contributed by atoms with Crippen molar-refractivity contribution in [3.05, 3.63) is 189 Å². The minimum atomic E-state index is -7.22. The van der Waals surface area contributed by atoms with Crippen molar-refractivity contribution >= 4 is 44.7 Å². The van der Waals surface area contributed by atoms with E-state index in [2.05, 4.69) is 0 Å². The highest BCUT2D eigenvalue weighted by molar-refractivity contribution is 7.20. The van der Waals surface area contributed by atoms with E-state index >= 15 is 35.1 Å². The molecule has 0 aliphatic rings. The van der Waals surface area contributed by atoms with Crippen molar-refractivity contribution in [3.63, 3.8) is 0 Å². The molecule has 0 aliphatic heterocycles. The molecule has 0 spiro atoms. The Bertz CT molecular complexity index is 2730. The number of para-hydroxylation sites is 1. The Morgan fingerprint density at radius 2 is 0.646 bits per heavy atom. The molecule has 338 valence electrons. The first-order chi connectivity index (χ1) is 30.5. The summed E-state index contributed by atoms with van der Waals surface area (Å²) in [4.78, 5) is 12.3. The summed E-state index contributed by atoms with van der Waals surface area (Å²) in [6.45, 7) is 0.122. The predicted octanol–water partition coefficient (Wildman–Crippen LogP) is 8.56. The molecular formula is C41H14BF20NO2. The van der Waals surface area contributed by atoms with Gasteiger partial charge in [-0.25, -0.2) is 87.8 Å². The second-order valence-corrected chi connectivity index (χ2v) is 13.4. The third kappa shape index (κ3) is 7.33. The van der Waals surface area contributed by atoms with Crippen LogP contribution in [-0.4, -0.2) is 17.0 Å². The van der Waals surface area contributed by atoms with Gasteiger partial charge in [0.1, 0.15) is 52.7 Å². The minimum Gasteiger partial charge on any atom is -0.460 e. The summed E-state index contributed by atoms with van der Waals surface area (Å²) in [5, 5.41) is 11.0. The number of ketones is 1. The molecule has 0 radical (unpaired) electrons. The van der Waals surface area contributed by atoms with Gasteiger partial charge in [0.15, 0.2) is 69.8 Å². The van der Waals surface area contributed by atoms with Gasteiger partial charge in [-0.15, -0.1) is 21.9 Å². The van der Waals surface area contributed by atoms with Crippen LogP contribution in [0.1, 0.15) is 10.4 Å². The smallest absolute Gasteiger partial charge is 0.366 e. The predicted molar refractivity (Wildman–Crippen MR) is 186 cm³/mol. The number of rotatable bonds is 7. The number of carbonyl (C=O) groups excluding carboxylic acids is 1. The van der Waals surface area contributed by atoms with Gasteiger partial charge in [0.05, 0.1) is 6.07 Å². The van der Waals surface area contributed by atoms with Gasteiger partial charge in [0.25, 0.3) is 0 Å². The number of aromatic hydroxyl groups is 1. The maximum Gasteiger partial charge on any atom is 0.366 e. The lowest BCUT2D eigenvalue weighted by molar-refractivity contribution is -0.663. The number of halogens is 20. The van der Waals surface area contributed by atoms with Crippen LogP contribution in [0.4, 0.5) is 87.8 Å². The number of nitrogens with zero attached hydrogens (tertiary/aromatic N) is 1. The largest absolute Gasteiger partial charge is 0.460 e. The zero-order valence-corrected chi connectivity index (χ0v) is 31.0. The van der Waals surface area contributed by atoms with E-state index in [-0.39, 0.29) is 18.2 Å². The van der Waals surface area contributed by atoms with E-state index in [0.717, 1.165) is 10.9 Å². The van der Waals surface area contributed by atoms with Crippen LogP contribution in [0, 0.1) is 116 Å². The molecule has 0 atom stereocenters. The molecular weight excluding hydrogens is 929 g/mol. The van der Waals surface area contributed by atoms with Gasteiger partial charge in [-0.05, 0) is 12.1 Å². The molecule has 0 saturated heterocycles. The van der Waals surface area contributed by atoms with Crippen molar-refractivity contribution in [2.75, 3.05) is 0 Å². The zero-order valence-electron chi connectivity index (χ0n) is 31.0. The maximum atomic E-state index is 15.4. The van der Waals surface area contributed by atoms with Gasteiger partial charge in [-0.3, -0.25) is 4.79 Å². The van der Waals surface area contributed by atoms with Crippen LogP contribution in [0.15, 0.2) is 66.7 Å². The van der Waals surface area contributed by atoms with Gasteiger partial charge in [-0.1, -0.05) is 42.5 Å². The average Bonchev–Trinajstić information content (AvgIpc) is 3.30. The van der Waals surface area contributed by atoms with E-state index in [1.807, 2.05) is 48.5 Å². The lowest BCUT2D eigenvalue weighted by Gasteiger charge is -2.44. The molecule has 0 fully saturated rings. The van der Waals surface area contributed by atoms with Gasteiger partial charge in [0.2, 0.25) is 17.8 Å². The van der Waals surface area contributed by atoms with Crippen molar-refractivity contribution in [1.82, 2.24) is 0 Å². The molecule has 7 aromatic rings. The first kappa shape index (κ1) is 47.3. The number of Topliss-reactive ketones (excluding diaryl/α,β-unsaturated/α-hetero) is 1. The molecule has 1 N–H and O–H groups in total. The molecule has 0 aliphatic carbocycles. The summed E-state index contributed by atoms with van der Waals surface area (Å²) in [5.74, 6) is -71.3. The summed E-state index contributed by atoms with van der Waals surface area (Å²) in [6.07, 6.45) is -7.22. The van der Waals surface area contributed by atoms with E-state index in [4.69, 9.17) is 0 Å². The standard InChI is InChI=1S/C24BF20.C17H13NO2/c26-5-1(6(27)14(35)21(42)13(5)34)25(2-7(28)15(36)22(43)16(37)8(2)29,3-9(30)17(38)23(44)18(39)10(3)31)4-11(32)19(40)24(45)20(41)12(4)33;19-16(14-7-2-1-3-8-14)12-18-15-9-5-4-6-13(15)10-11-17(18)20/h;1-11H,12H2/q-1;/p+1. The third-order valence-electron chi connectivity index (χ3n) is 10.0. The van der Waals surface area contributed by atoms with Crippen LogP contribution in [0.2, 0.25) is 0 Å². The minimum absolute atomic E-state index is 0.0257. The number of aromatic nitrogens is 1. The number of fused-ring (bicyclic) bond motifs is 1. The maximum absolute atomic E-state index is 15.4. The number of hydrogen-bond donors (Lipinski definition) is 1. The molecule has 1 heterocycles. The highest BCUT2D eigenvalue weighted by Gasteiger charge is 2.52. The van der Waals surface area contributed by atoms with Crippen molar-refractivity contribution < 1.29 is 102 Å². The Kier molecular flexibility index (Phi) is 12.7. The fourth-order valence-electron chi connectivity index (χ4n) is 7.15. The van der Waals surface area contributed by atoms with E-state index in [1.165, 1.54) is 0 Å². The van der Waals surface area contributed by atoms with Crippen molar-refractivity contribution in [3.8, 4) is 5.88 Å². The molecule has 1 aromatic heterocycles. The van der Waals surface area contributed by atoms with Gasteiger partial charge >= 0.3 is 5.88 Å². The van der Waals surface area contributed by atoms with Crippen molar-refractivity contribution in [1.29, 1.82) is 0 Å². The van der Waals surface area contributed by atoms with E-state index in [1.54, 1.807) is 22.8 Å². The fraction of sp³-hybridized carbons (Fsp3) is 0.0244. The second-order valence-electron chi connectivity index (χ2n) is 13.4. The first-order valence-corrected chi connectivity index (χ1v) is 17.4. The highest BCUT2D eigenvalue weighted by atomic mass is 19.2. The first-order valence-electron chi connectivity index (χ1n) is 17.4. The topological polar surface area (TPSA) is 41.2 Å². The number of hydrogen-bond acceptors (Lipinski definition) is 2. The zero-order chi connectivity index (χ0) is 48.3. The fourth-order valence-corrected chi connectivity index (χ4v) is 7.15. The Balaban J connectivity index is 0.000000289. The van der Waals surface area contributed by atoms with Crippen LogP contribution < -0.4 is 26.4 Å². The molecule has 0 amide bonds. The summed E-state index contributed by atoms with van der Waals surface area (Å²) in [6, 6.07) is 20.2. The third-order valence-corrected chi connectivity index (χ3v) is 10.0. The Hall–Kier alpha value is -7.14. The molecule has 6 aromatic carbocycles. The monoisotopic (exact) mass is 943 g/mol. The molecule has 65 heavy (non-hydrogen) atoms. The number of benzene rings is 6. The van der Waals surface area contributed by atoms with E-state index in [0.29, 0.717) is 5.56 Å². The average molecular weight is 943 g/mol. The van der Waals surface area contributed by atoms with Crippen LogP contribution in [0.25, 0.3) is 10.9 Å². The Morgan fingerprint density at radius 1 is 0.369 bits per heavy atom. The van der Waals surface area contributed by atoms with Crippen LogP contribution in [0.5, 0.6) is 5.88 Å². The molecule has 0 unspecified atom stereocenters. The molecule has 3 nitrogen and oxygen atoms in total. The van der Waals surface area contributed by atoms with E-state index in [9.17, 15) is 62.6 Å². The number of carbonyl (C=O) groups is 1.